The second kappa shape index (κ2) is 6.78. The molecule has 1 amide bonds. The van der Waals surface area contributed by atoms with Crippen LogP contribution in [0.4, 0.5) is 0 Å². The Kier molecular flexibility index (Phi) is 5.05. The minimum Gasteiger partial charge on any atom is -0.483 e. The molecule has 0 saturated carbocycles. The standard InChI is InChI=1S/C17H25NO2/c1-12(2)13(3)18-17(19)11-20-16-10-6-8-14-7-4-5-9-15(14)16/h6,8,10,12-13H,4-5,7,9,11H2,1-3H3,(H,18,19)/t13-/m1/s1. The molecule has 1 aromatic rings. The summed E-state index contributed by atoms with van der Waals surface area (Å²) in [5.41, 5.74) is 2.67. The molecule has 110 valence electrons. The number of hydrogen-bond acceptors (Lipinski definition) is 2. The average Bonchev–Trinajstić information content (AvgIpc) is 2.44. The Morgan fingerprint density at radius 2 is 2.00 bits per heavy atom. The SMILES string of the molecule is CC(C)[C@@H](C)NC(=O)COc1cccc2c1CCCC2. The first-order valence-electron chi connectivity index (χ1n) is 7.61. The molecule has 0 heterocycles. The van der Waals surface area contributed by atoms with Crippen molar-refractivity contribution in [1.29, 1.82) is 0 Å². The average molecular weight is 275 g/mol. The van der Waals surface area contributed by atoms with Gasteiger partial charge in [-0.1, -0.05) is 26.0 Å². The molecule has 1 aromatic carbocycles. The van der Waals surface area contributed by atoms with Crippen molar-refractivity contribution < 1.29 is 9.53 Å². The highest BCUT2D eigenvalue weighted by Crippen LogP contribution is 2.29. The van der Waals surface area contributed by atoms with E-state index in [4.69, 9.17) is 4.74 Å². The molecule has 1 atom stereocenters. The van der Waals surface area contributed by atoms with Crippen LogP contribution in [0.5, 0.6) is 5.75 Å². The number of carbonyl (C=O) groups is 1. The van der Waals surface area contributed by atoms with Gasteiger partial charge in [-0.3, -0.25) is 4.79 Å². The van der Waals surface area contributed by atoms with Crippen LogP contribution in [0.1, 0.15) is 44.7 Å². The molecule has 1 aliphatic carbocycles. The number of ether oxygens (including phenoxy) is 1. The van der Waals surface area contributed by atoms with Crippen molar-refractivity contribution in [3.05, 3.63) is 29.3 Å². The van der Waals surface area contributed by atoms with Gasteiger partial charge in [-0.2, -0.15) is 0 Å². The topological polar surface area (TPSA) is 38.3 Å². The van der Waals surface area contributed by atoms with Gasteiger partial charge in [0.25, 0.3) is 5.91 Å². The van der Waals surface area contributed by atoms with Gasteiger partial charge in [0, 0.05) is 6.04 Å². The molecular formula is C17H25NO2. The summed E-state index contributed by atoms with van der Waals surface area (Å²) in [7, 11) is 0. The summed E-state index contributed by atoms with van der Waals surface area (Å²) < 4.78 is 5.73. The van der Waals surface area contributed by atoms with E-state index in [-0.39, 0.29) is 18.6 Å². The van der Waals surface area contributed by atoms with Crippen molar-refractivity contribution in [2.45, 2.75) is 52.5 Å². The van der Waals surface area contributed by atoms with E-state index in [9.17, 15) is 4.79 Å². The number of rotatable bonds is 5. The first kappa shape index (κ1) is 14.9. The van der Waals surface area contributed by atoms with Gasteiger partial charge < -0.3 is 10.1 Å². The lowest BCUT2D eigenvalue weighted by Gasteiger charge is -2.20. The van der Waals surface area contributed by atoms with Gasteiger partial charge in [0.2, 0.25) is 0 Å². The highest BCUT2D eigenvalue weighted by atomic mass is 16.5. The Morgan fingerprint density at radius 1 is 1.25 bits per heavy atom. The zero-order valence-electron chi connectivity index (χ0n) is 12.7. The van der Waals surface area contributed by atoms with Crippen LogP contribution in [0, 0.1) is 5.92 Å². The lowest BCUT2D eigenvalue weighted by atomic mass is 9.91. The van der Waals surface area contributed by atoms with Crippen molar-refractivity contribution in [2.75, 3.05) is 6.61 Å². The van der Waals surface area contributed by atoms with E-state index in [0.29, 0.717) is 5.92 Å². The summed E-state index contributed by atoms with van der Waals surface area (Å²) in [5, 5.41) is 2.97. The minimum atomic E-state index is -0.0420. The molecule has 20 heavy (non-hydrogen) atoms. The molecular weight excluding hydrogens is 250 g/mol. The van der Waals surface area contributed by atoms with Gasteiger partial charge in [-0.15, -0.1) is 0 Å². The third-order valence-corrected chi connectivity index (χ3v) is 4.10. The summed E-state index contributed by atoms with van der Waals surface area (Å²) in [5.74, 6) is 1.28. The highest BCUT2D eigenvalue weighted by Gasteiger charge is 2.15. The van der Waals surface area contributed by atoms with Crippen molar-refractivity contribution in [3.63, 3.8) is 0 Å². The Hall–Kier alpha value is -1.51. The first-order chi connectivity index (χ1) is 9.58. The van der Waals surface area contributed by atoms with Crippen molar-refractivity contribution >= 4 is 5.91 Å². The van der Waals surface area contributed by atoms with Crippen molar-refractivity contribution in [1.82, 2.24) is 5.32 Å². The molecule has 2 rings (SSSR count). The predicted molar refractivity (Wildman–Crippen MR) is 81.0 cm³/mol. The molecule has 0 spiro atoms. The molecule has 3 heteroatoms. The largest absolute Gasteiger partial charge is 0.483 e. The summed E-state index contributed by atoms with van der Waals surface area (Å²) in [6.45, 7) is 6.32. The van der Waals surface area contributed by atoms with Crippen molar-refractivity contribution in [2.24, 2.45) is 5.92 Å². The van der Waals surface area contributed by atoms with Crippen LogP contribution in [-0.2, 0) is 17.6 Å². The lowest BCUT2D eigenvalue weighted by molar-refractivity contribution is -0.124. The number of carbonyl (C=O) groups excluding carboxylic acids is 1. The van der Waals surface area contributed by atoms with E-state index in [1.807, 2.05) is 19.1 Å². The van der Waals surface area contributed by atoms with Gasteiger partial charge in [-0.05, 0) is 55.7 Å². The number of nitrogens with one attached hydrogen (secondary N) is 1. The van der Waals surface area contributed by atoms with Crippen LogP contribution in [0.3, 0.4) is 0 Å². The highest BCUT2D eigenvalue weighted by molar-refractivity contribution is 5.77. The molecule has 0 fully saturated rings. The van der Waals surface area contributed by atoms with Crippen LogP contribution < -0.4 is 10.1 Å². The van der Waals surface area contributed by atoms with E-state index in [1.165, 1.54) is 24.0 Å². The van der Waals surface area contributed by atoms with Gasteiger partial charge in [0.05, 0.1) is 0 Å². The van der Waals surface area contributed by atoms with E-state index < -0.39 is 0 Å². The zero-order valence-corrected chi connectivity index (χ0v) is 12.7. The maximum atomic E-state index is 11.9. The van der Waals surface area contributed by atoms with E-state index in [1.54, 1.807) is 0 Å². The summed E-state index contributed by atoms with van der Waals surface area (Å²) in [6, 6.07) is 6.34. The monoisotopic (exact) mass is 275 g/mol. The van der Waals surface area contributed by atoms with Crippen LogP contribution in [0.2, 0.25) is 0 Å². The second-order valence-corrected chi connectivity index (χ2v) is 5.99. The Labute approximate surface area is 121 Å². The zero-order chi connectivity index (χ0) is 14.5. The molecule has 0 radical (unpaired) electrons. The number of amides is 1. The van der Waals surface area contributed by atoms with Gasteiger partial charge >= 0.3 is 0 Å². The van der Waals surface area contributed by atoms with E-state index in [2.05, 4.69) is 25.2 Å². The van der Waals surface area contributed by atoms with E-state index in [0.717, 1.165) is 18.6 Å². The summed E-state index contributed by atoms with van der Waals surface area (Å²) in [6.07, 6.45) is 4.66. The molecule has 3 nitrogen and oxygen atoms in total. The number of aryl methyl sites for hydroxylation is 1. The van der Waals surface area contributed by atoms with Crippen LogP contribution in [0.25, 0.3) is 0 Å². The number of hydrogen-bond donors (Lipinski definition) is 1. The smallest absolute Gasteiger partial charge is 0.258 e. The Morgan fingerprint density at radius 3 is 2.75 bits per heavy atom. The van der Waals surface area contributed by atoms with Crippen molar-refractivity contribution in [3.8, 4) is 5.75 Å². The van der Waals surface area contributed by atoms with Crippen LogP contribution in [-0.4, -0.2) is 18.6 Å². The molecule has 0 unspecified atom stereocenters. The fourth-order valence-electron chi connectivity index (χ4n) is 2.49. The molecule has 0 aromatic heterocycles. The Balaban J connectivity index is 1.93. The summed E-state index contributed by atoms with van der Waals surface area (Å²) in [4.78, 5) is 11.9. The first-order valence-corrected chi connectivity index (χ1v) is 7.61. The predicted octanol–water partition coefficient (Wildman–Crippen LogP) is 3.10. The fraction of sp³-hybridized carbons (Fsp3) is 0.588. The quantitative estimate of drug-likeness (QED) is 0.896. The molecule has 1 N–H and O–H groups in total. The fourth-order valence-corrected chi connectivity index (χ4v) is 2.49. The number of benzene rings is 1. The number of fused-ring (bicyclic) bond motifs is 1. The van der Waals surface area contributed by atoms with Gasteiger partial charge in [-0.25, -0.2) is 0 Å². The molecule has 1 aliphatic rings. The Bertz CT molecular complexity index is 468. The third-order valence-electron chi connectivity index (χ3n) is 4.10. The van der Waals surface area contributed by atoms with Gasteiger partial charge in [0.15, 0.2) is 6.61 Å². The maximum absolute atomic E-state index is 11.9. The summed E-state index contributed by atoms with van der Waals surface area (Å²) >= 11 is 0. The second-order valence-electron chi connectivity index (χ2n) is 5.99. The normalized spacial score (nSPS) is 15.6. The molecule has 0 bridgehead atoms. The third kappa shape index (κ3) is 3.75. The van der Waals surface area contributed by atoms with Crippen LogP contribution in [0.15, 0.2) is 18.2 Å². The molecule has 0 saturated heterocycles. The lowest BCUT2D eigenvalue weighted by Crippen LogP contribution is -2.39. The minimum absolute atomic E-state index is 0.0420. The van der Waals surface area contributed by atoms with Gasteiger partial charge in [0.1, 0.15) is 5.75 Å². The molecule has 0 aliphatic heterocycles. The van der Waals surface area contributed by atoms with Crippen LogP contribution >= 0.6 is 0 Å². The van der Waals surface area contributed by atoms with E-state index >= 15 is 0 Å². The maximum Gasteiger partial charge on any atom is 0.258 e.